The lowest BCUT2D eigenvalue weighted by Crippen LogP contribution is -2.45. The van der Waals surface area contributed by atoms with Gasteiger partial charge in [-0.05, 0) is 86.9 Å². The van der Waals surface area contributed by atoms with E-state index < -0.39 is 0 Å². The molecule has 232 valence electrons. The van der Waals surface area contributed by atoms with E-state index >= 15 is 0 Å². The molecule has 0 N–H and O–H groups in total. The Labute approximate surface area is 262 Å². The van der Waals surface area contributed by atoms with Crippen molar-refractivity contribution in [3.63, 3.8) is 0 Å². The SMILES string of the molecule is CC(=O)N1CC[C@@H]2CC[C@H](CN(C(=O)CC3CCN(CCc4ccccc4)CC3)Cc3ccccc31)N2Cc1ccccn1. The third-order valence-corrected chi connectivity index (χ3v) is 10.1. The van der Waals surface area contributed by atoms with Gasteiger partial charge in [0.05, 0.1) is 5.69 Å². The average Bonchev–Trinajstić information content (AvgIpc) is 3.41. The summed E-state index contributed by atoms with van der Waals surface area (Å²) in [6, 6.07) is 25.6. The number of aromatic nitrogens is 1. The van der Waals surface area contributed by atoms with Gasteiger partial charge in [0.15, 0.2) is 0 Å². The molecule has 2 aromatic carbocycles. The fourth-order valence-corrected chi connectivity index (χ4v) is 7.53. The molecule has 44 heavy (non-hydrogen) atoms. The number of carbonyl (C=O) groups is 2. The predicted octanol–water partition coefficient (Wildman–Crippen LogP) is 5.54. The molecule has 1 aromatic heterocycles. The lowest BCUT2D eigenvalue weighted by molar-refractivity contribution is -0.134. The molecule has 0 aliphatic carbocycles. The van der Waals surface area contributed by atoms with Crippen LogP contribution in [0.2, 0.25) is 0 Å². The molecule has 6 rings (SSSR count). The minimum Gasteiger partial charge on any atom is -0.337 e. The zero-order chi connectivity index (χ0) is 30.3. The van der Waals surface area contributed by atoms with Gasteiger partial charge in [-0.2, -0.15) is 0 Å². The molecule has 3 aromatic rings. The van der Waals surface area contributed by atoms with Crippen molar-refractivity contribution in [1.82, 2.24) is 19.7 Å². The Bertz CT molecular complexity index is 1370. The third-order valence-electron chi connectivity index (χ3n) is 10.1. The van der Waals surface area contributed by atoms with Gasteiger partial charge >= 0.3 is 0 Å². The van der Waals surface area contributed by atoms with E-state index in [4.69, 9.17) is 0 Å². The first-order chi connectivity index (χ1) is 21.5. The Kier molecular flexibility index (Phi) is 10.0. The number of para-hydroxylation sites is 1. The van der Waals surface area contributed by atoms with Crippen molar-refractivity contribution in [3.05, 3.63) is 95.8 Å². The van der Waals surface area contributed by atoms with Gasteiger partial charge in [-0.25, -0.2) is 0 Å². The molecule has 0 unspecified atom stereocenters. The zero-order valence-corrected chi connectivity index (χ0v) is 26.2. The van der Waals surface area contributed by atoms with E-state index in [-0.39, 0.29) is 17.9 Å². The summed E-state index contributed by atoms with van der Waals surface area (Å²) in [6.45, 7) is 7.56. The number of hydrogen-bond donors (Lipinski definition) is 0. The Morgan fingerprint density at radius 3 is 2.34 bits per heavy atom. The van der Waals surface area contributed by atoms with Crippen molar-refractivity contribution >= 4 is 17.5 Å². The highest BCUT2D eigenvalue weighted by Crippen LogP contribution is 2.33. The second-order valence-corrected chi connectivity index (χ2v) is 13.0. The summed E-state index contributed by atoms with van der Waals surface area (Å²) in [5, 5.41) is 0. The van der Waals surface area contributed by atoms with Crippen LogP contribution in [0.5, 0.6) is 0 Å². The molecule has 2 fully saturated rings. The smallest absolute Gasteiger partial charge is 0.223 e. The van der Waals surface area contributed by atoms with Gasteiger partial charge in [-0.1, -0.05) is 54.6 Å². The van der Waals surface area contributed by atoms with Crippen LogP contribution in [0.25, 0.3) is 0 Å². The van der Waals surface area contributed by atoms with Crippen molar-refractivity contribution in [2.24, 2.45) is 5.92 Å². The Morgan fingerprint density at radius 1 is 0.818 bits per heavy atom. The summed E-state index contributed by atoms with van der Waals surface area (Å²) in [4.78, 5) is 40.9. The minimum atomic E-state index is 0.0550. The van der Waals surface area contributed by atoms with Crippen LogP contribution in [0, 0.1) is 5.92 Å². The number of hydrogen-bond acceptors (Lipinski definition) is 5. The summed E-state index contributed by atoms with van der Waals surface area (Å²) in [5.74, 6) is 0.718. The molecular formula is C37H47N5O2. The molecule has 7 nitrogen and oxygen atoms in total. The molecule has 0 saturated carbocycles. The Morgan fingerprint density at radius 2 is 1.57 bits per heavy atom. The monoisotopic (exact) mass is 593 g/mol. The summed E-state index contributed by atoms with van der Waals surface area (Å²) >= 11 is 0. The van der Waals surface area contributed by atoms with Crippen LogP contribution >= 0.6 is 0 Å². The van der Waals surface area contributed by atoms with E-state index in [1.165, 1.54) is 5.56 Å². The standard InChI is InChI=1S/C37H47N5O2/c1-29(43)41-24-19-34-14-15-35(42(34)27-33-12-7-8-20-38-33)28-40(26-32-11-5-6-13-36(32)41)37(44)25-31-17-22-39(23-18-31)21-16-30-9-3-2-4-10-30/h2-13,20,31,34-35H,14-19,21-28H2,1H3/t34-,35+/m0/s1. The van der Waals surface area contributed by atoms with Gasteiger partial charge < -0.3 is 14.7 Å². The number of amides is 2. The predicted molar refractivity (Wildman–Crippen MR) is 175 cm³/mol. The van der Waals surface area contributed by atoms with E-state index in [2.05, 4.69) is 62.1 Å². The average molecular weight is 594 g/mol. The summed E-state index contributed by atoms with van der Waals surface area (Å²) in [6.07, 6.45) is 8.72. The number of likely N-dealkylation sites (tertiary alicyclic amines) is 1. The number of piperidine rings is 1. The lowest BCUT2D eigenvalue weighted by atomic mass is 9.92. The fourth-order valence-electron chi connectivity index (χ4n) is 7.53. The van der Waals surface area contributed by atoms with Crippen LogP contribution in [0.3, 0.4) is 0 Å². The van der Waals surface area contributed by atoms with Crippen LogP contribution in [0.1, 0.15) is 62.3 Å². The van der Waals surface area contributed by atoms with Gasteiger partial charge in [-0.3, -0.25) is 19.5 Å². The summed E-state index contributed by atoms with van der Waals surface area (Å²) < 4.78 is 0. The first-order valence-corrected chi connectivity index (χ1v) is 16.6. The number of nitrogens with zero attached hydrogens (tertiary/aromatic N) is 5. The van der Waals surface area contributed by atoms with Crippen molar-refractivity contribution in [3.8, 4) is 0 Å². The topological polar surface area (TPSA) is 60.0 Å². The van der Waals surface area contributed by atoms with Crippen molar-refractivity contribution in [2.75, 3.05) is 37.6 Å². The Hall–Kier alpha value is -3.55. The number of fused-ring (bicyclic) bond motifs is 3. The van der Waals surface area contributed by atoms with Gasteiger partial charge in [0.25, 0.3) is 0 Å². The maximum absolute atomic E-state index is 14.2. The van der Waals surface area contributed by atoms with E-state index in [1.54, 1.807) is 6.92 Å². The van der Waals surface area contributed by atoms with Crippen LogP contribution in [-0.4, -0.2) is 76.3 Å². The molecule has 0 radical (unpaired) electrons. The minimum absolute atomic E-state index is 0.0550. The molecule has 0 spiro atoms. The van der Waals surface area contributed by atoms with Gasteiger partial charge in [0, 0.05) is 70.0 Å². The molecule has 3 aliphatic heterocycles. The van der Waals surface area contributed by atoms with Crippen molar-refractivity contribution in [2.45, 2.75) is 77.0 Å². The highest BCUT2D eigenvalue weighted by molar-refractivity contribution is 5.92. The van der Waals surface area contributed by atoms with Crippen LogP contribution in [0.15, 0.2) is 79.0 Å². The van der Waals surface area contributed by atoms with E-state index in [0.717, 1.165) is 81.6 Å². The Balaban J connectivity index is 1.17. The fraction of sp³-hybridized carbons (Fsp3) is 0.486. The normalized spacial score (nSPS) is 21.9. The molecular weight excluding hydrogens is 546 g/mol. The second kappa shape index (κ2) is 14.5. The van der Waals surface area contributed by atoms with Gasteiger partial charge in [0.1, 0.15) is 0 Å². The number of pyridine rings is 1. The summed E-state index contributed by atoms with van der Waals surface area (Å²) in [5.41, 5.74) is 4.45. The highest BCUT2D eigenvalue weighted by Gasteiger charge is 2.37. The first-order valence-electron chi connectivity index (χ1n) is 16.6. The van der Waals surface area contributed by atoms with Gasteiger partial charge in [0.2, 0.25) is 11.8 Å². The maximum atomic E-state index is 14.2. The largest absolute Gasteiger partial charge is 0.337 e. The third kappa shape index (κ3) is 7.56. The van der Waals surface area contributed by atoms with Crippen LogP contribution < -0.4 is 4.90 Å². The molecule has 7 heteroatoms. The molecule has 2 bridgehead atoms. The highest BCUT2D eigenvalue weighted by atomic mass is 16.2. The number of carbonyl (C=O) groups excluding carboxylic acids is 2. The van der Waals surface area contributed by atoms with Crippen molar-refractivity contribution in [1.29, 1.82) is 0 Å². The number of anilines is 1. The van der Waals surface area contributed by atoms with Crippen LogP contribution in [0.4, 0.5) is 5.69 Å². The lowest BCUT2D eigenvalue weighted by Gasteiger charge is -2.35. The molecule has 2 amide bonds. The first kappa shape index (κ1) is 30.5. The molecule has 3 aliphatic rings. The molecule has 4 heterocycles. The second-order valence-electron chi connectivity index (χ2n) is 13.0. The zero-order valence-electron chi connectivity index (χ0n) is 26.2. The van der Waals surface area contributed by atoms with E-state index in [0.29, 0.717) is 38.0 Å². The molecule has 2 atom stereocenters. The molecule has 2 saturated heterocycles. The maximum Gasteiger partial charge on any atom is 0.223 e. The summed E-state index contributed by atoms with van der Waals surface area (Å²) in [7, 11) is 0. The van der Waals surface area contributed by atoms with Crippen molar-refractivity contribution < 1.29 is 9.59 Å². The quantitative estimate of drug-likeness (QED) is 0.360. The van der Waals surface area contributed by atoms with Gasteiger partial charge in [-0.15, -0.1) is 0 Å². The van der Waals surface area contributed by atoms with Crippen LogP contribution in [-0.2, 0) is 29.1 Å². The van der Waals surface area contributed by atoms with E-state index in [1.807, 2.05) is 41.4 Å². The number of rotatable bonds is 7. The number of benzene rings is 2. The van der Waals surface area contributed by atoms with E-state index in [9.17, 15) is 9.59 Å².